The van der Waals surface area contributed by atoms with Gasteiger partial charge in [-0.25, -0.2) is 0 Å². The van der Waals surface area contributed by atoms with Crippen molar-refractivity contribution in [2.45, 2.75) is 19.8 Å². The van der Waals surface area contributed by atoms with Crippen LogP contribution in [0.1, 0.15) is 19.8 Å². The Morgan fingerprint density at radius 1 is 1.21 bits per heavy atom. The van der Waals surface area contributed by atoms with Gasteiger partial charge in [0.2, 0.25) is 0 Å². The third-order valence-corrected chi connectivity index (χ3v) is 1.95. The number of nitrogens with two attached hydrogens (primary N) is 3. The Kier molecular flexibility index (Phi) is 3.45. The Morgan fingerprint density at radius 2 is 1.93 bits per heavy atom. The van der Waals surface area contributed by atoms with Crippen molar-refractivity contribution >= 4 is 17.1 Å². The fraction of sp³-hybridized carbons (Fsp3) is 0.400. The molecule has 6 N–H and O–H groups in total. The van der Waals surface area contributed by atoms with Gasteiger partial charge in [-0.05, 0) is 12.5 Å². The average Bonchev–Trinajstić information content (AvgIpc) is 2.13. The van der Waals surface area contributed by atoms with Gasteiger partial charge in [0.15, 0.2) is 0 Å². The Bertz CT molecular complexity index is 312. The van der Waals surface area contributed by atoms with E-state index in [1.54, 1.807) is 12.1 Å². The van der Waals surface area contributed by atoms with Crippen molar-refractivity contribution < 1.29 is 4.74 Å². The molecule has 0 aliphatic carbocycles. The molecule has 0 aromatic heterocycles. The molecule has 4 heteroatoms. The summed E-state index contributed by atoms with van der Waals surface area (Å²) in [5, 5.41) is 0. The molecule has 0 spiro atoms. The summed E-state index contributed by atoms with van der Waals surface area (Å²) in [5.74, 6) is 0.580. The van der Waals surface area contributed by atoms with Crippen molar-refractivity contribution in [3.63, 3.8) is 0 Å². The number of ether oxygens (including phenoxy) is 1. The Hall–Kier alpha value is -1.58. The van der Waals surface area contributed by atoms with Gasteiger partial charge in [0.25, 0.3) is 0 Å². The number of benzene rings is 1. The van der Waals surface area contributed by atoms with E-state index in [1.165, 1.54) is 0 Å². The van der Waals surface area contributed by atoms with E-state index in [0.717, 1.165) is 12.8 Å². The van der Waals surface area contributed by atoms with Crippen LogP contribution in [0.3, 0.4) is 0 Å². The lowest BCUT2D eigenvalue weighted by Crippen LogP contribution is -2.03. The summed E-state index contributed by atoms with van der Waals surface area (Å²) in [7, 11) is 0. The van der Waals surface area contributed by atoms with Crippen LogP contribution in [0.15, 0.2) is 12.1 Å². The summed E-state index contributed by atoms with van der Waals surface area (Å²) < 4.78 is 5.45. The summed E-state index contributed by atoms with van der Waals surface area (Å²) in [6, 6.07) is 3.32. The average molecular weight is 195 g/mol. The van der Waals surface area contributed by atoms with Crippen LogP contribution < -0.4 is 21.9 Å². The van der Waals surface area contributed by atoms with E-state index in [1.807, 2.05) is 0 Å². The van der Waals surface area contributed by atoms with Crippen LogP contribution in [0, 0.1) is 0 Å². The summed E-state index contributed by atoms with van der Waals surface area (Å²) in [6.45, 7) is 2.74. The minimum atomic E-state index is 0.468. The van der Waals surface area contributed by atoms with E-state index in [4.69, 9.17) is 21.9 Å². The molecule has 0 fully saturated rings. The molecule has 78 valence electrons. The number of unbranched alkanes of at least 4 members (excludes halogenated alkanes) is 1. The molecule has 0 saturated carbocycles. The molecule has 0 amide bonds. The van der Waals surface area contributed by atoms with Crippen LogP contribution in [-0.2, 0) is 0 Å². The van der Waals surface area contributed by atoms with Gasteiger partial charge < -0.3 is 21.9 Å². The molecule has 4 nitrogen and oxygen atoms in total. The van der Waals surface area contributed by atoms with Gasteiger partial charge in [0.1, 0.15) is 5.75 Å². The SMILES string of the molecule is CCCCOc1cc(N)cc(N)c1N. The van der Waals surface area contributed by atoms with Crippen molar-refractivity contribution in [1.82, 2.24) is 0 Å². The standard InChI is InChI=1S/C10H17N3O/c1-2-3-4-14-9-6-7(11)5-8(12)10(9)13/h5-6H,2-4,11-13H2,1H3. The van der Waals surface area contributed by atoms with E-state index in [2.05, 4.69) is 6.92 Å². The van der Waals surface area contributed by atoms with E-state index < -0.39 is 0 Å². The maximum Gasteiger partial charge on any atom is 0.146 e. The molecule has 14 heavy (non-hydrogen) atoms. The van der Waals surface area contributed by atoms with Crippen LogP contribution >= 0.6 is 0 Å². The fourth-order valence-electron chi connectivity index (χ4n) is 1.12. The molecule has 1 rings (SSSR count). The van der Waals surface area contributed by atoms with Crippen LogP contribution in [0.4, 0.5) is 17.1 Å². The molecule has 0 aliphatic heterocycles. The first-order valence-corrected chi connectivity index (χ1v) is 4.72. The van der Waals surface area contributed by atoms with Gasteiger partial charge in [0, 0.05) is 11.8 Å². The predicted molar refractivity (Wildman–Crippen MR) is 60.1 cm³/mol. The number of anilines is 3. The minimum absolute atomic E-state index is 0.468. The highest BCUT2D eigenvalue weighted by Crippen LogP contribution is 2.30. The highest BCUT2D eigenvalue weighted by Gasteiger charge is 2.05. The first kappa shape index (κ1) is 10.5. The van der Waals surface area contributed by atoms with Gasteiger partial charge >= 0.3 is 0 Å². The van der Waals surface area contributed by atoms with Gasteiger partial charge in [-0.3, -0.25) is 0 Å². The molecule has 1 aromatic rings. The van der Waals surface area contributed by atoms with E-state index in [-0.39, 0.29) is 0 Å². The second kappa shape index (κ2) is 4.60. The van der Waals surface area contributed by atoms with Crippen molar-refractivity contribution in [3.05, 3.63) is 12.1 Å². The lowest BCUT2D eigenvalue weighted by Gasteiger charge is -2.11. The molecule has 0 atom stereocenters. The maximum atomic E-state index is 5.73. The molecule has 0 bridgehead atoms. The van der Waals surface area contributed by atoms with Crippen molar-refractivity contribution in [1.29, 1.82) is 0 Å². The number of hydrogen-bond donors (Lipinski definition) is 3. The number of rotatable bonds is 4. The molecular formula is C10H17N3O. The second-order valence-electron chi connectivity index (χ2n) is 3.22. The largest absolute Gasteiger partial charge is 0.491 e. The Morgan fingerprint density at radius 3 is 2.57 bits per heavy atom. The molecular weight excluding hydrogens is 178 g/mol. The molecule has 1 aromatic carbocycles. The lowest BCUT2D eigenvalue weighted by molar-refractivity contribution is 0.311. The van der Waals surface area contributed by atoms with Crippen molar-refractivity contribution in [3.8, 4) is 5.75 Å². The lowest BCUT2D eigenvalue weighted by atomic mass is 10.2. The maximum absolute atomic E-state index is 5.73. The van der Waals surface area contributed by atoms with Gasteiger partial charge in [-0.1, -0.05) is 13.3 Å². The highest BCUT2D eigenvalue weighted by molar-refractivity contribution is 5.75. The second-order valence-corrected chi connectivity index (χ2v) is 3.22. The van der Waals surface area contributed by atoms with E-state index in [0.29, 0.717) is 29.4 Å². The van der Waals surface area contributed by atoms with E-state index >= 15 is 0 Å². The third-order valence-electron chi connectivity index (χ3n) is 1.95. The van der Waals surface area contributed by atoms with Gasteiger partial charge in [-0.2, -0.15) is 0 Å². The normalized spacial score (nSPS) is 10.1. The summed E-state index contributed by atoms with van der Waals surface area (Å²) in [6.07, 6.45) is 2.08. The smallest absolute Gasteiger partial charge is 0.146 e. The summed E-state index contributed by atoms with van der Waals surface area (Å²) in [5.41, 5.74) is 18.5. The van der Waals surface area contributed by atoms with Gasteiger partial charge in [0.05, 0.1) is 18.0 Å². The quantitative estimate of drug-likeness (QED) is 0.503. The van der Waals surface area contributed by atoms with Crippen LogP contribution in [0.2, 0.25) is 0 Å². The highest BCUT2D eigenvalue weighted by atomic mass is 16.5. The number of nitrogen functional groups attached to an aromatic ring is 3. The summed E-state index contributed by atoms with van der Waals surface area (Å²) >= 11 is 0. The minimum Gasteiger partial charge on any atom is -0.491 e. The first-order chi connectivity index (χ1) is 6.65. The monoisotopic (exact) mass is 195 g/mol. The predicted octanol–water partition coefficient (Wildman–Crippen LogP) is 1.61. The molecule has 0 saturated heterocycles. The zero-order chi connectivity index (χ0) is 10.6. The Labute approximate surface area is 84.0 Å². The van der Waals surface area contributed by atoms with Crippen LogP contribution in [0.5, 0.6) is 5.75 Å². The van der Waals surface area contributed by atoms with Crippen LogP contribution in [0.25, 0.3) is 0 Å². The number of hydrogen-bond acceptors (Lipinski definition) is 4. The molecule has 0 aliphatic rings. The zero-order valence-electron chi connectivity index (χ0n) is 8.42. The topological polar surface area (TPSA) is 87.3 Å². The summed E-state index contributed by atoms with van der Waals surface area (Å²) in [4.78, 5) is 0. The molecule has 0 radical (unpaired) electrons. The zero-order valence-corrected chi connectivity index (χ0v) is 8.42. The fourth-order valence-corrected chi connectivity index (χ4v) is 1.12. The third kappa shape index (κ3) is 2.45. The molecule has 0 unspecified atom stereocenters. The van der Waals surface area contributed by atoms with Crippen LogP contribution in [-0.4, -0.2) is 6.61 Å². The Balaban J connectivity index is 2.75. The van der Waals surface area contributed by atoms with E-state index in [9.17, 15) is 0 Å². The molecule has 0 heterocycles. The van der Waals surface area contributed by atoms with Crippen molar-refractivity contribution in [2.24, 2.45) is 0 Å². The first-order valence-electron chi connectivity index (χ1n) is 4.72. The van der Waals surface area contributed by atoms with Crippen molar-refractivity contribution in [2.75, 3.05) is 23.8 Å². The van der Waals surface area contributed by atoms with Gasteiger partial charge in [-0.15, -0.1) is 0 Å².